The van der Waals surface area contributed by atoms with Gasteiger partial charge in [-0.05, 0) is 30.3 Å². The maximum absolute atomic E-state index is 13.9. The molecule has 4 rings (SSSR count). The summed E-state index contributed by atoms with van der Waals surface area (Å²) >= 11 is 0. The molecule has 1 amide bonds. The Hall–Kier alpha value is -4.27. The molecule has 2 aromatic heterocycles. The van der Waals surface area contributed by atoms with Crippen molar-refractivity contribution in [1.29, 1.82) is 0 Å². The van der Waals surface area contributed by atoms with E-state index in [1.807, 2.05) is 12.1 Å². The quantitative estimate of drug-likeness (QED) is 0.367. The highest BCUT2D eigenvalue weighted by Crippen LogP contribution is 2.31. The maximum Gasteiger partial charge on any atom is 0.224 e. The van der Waals surface area contributed by atoms with E-state index < -0.39 is 11.6 Å². The van der Waals surface area contributed by atoms with E-state index in [2.05, 4.69) is 15.3 Å². The van der Waals surface area contributed by atoms with Crippen LogP contribution >= 0.6 is 0 Å². The topological polar surface area (TPSA) is 86.5 Å². The molecule has 0 aliphatic heterocycles. The van der Waals surface area contributed by atoms with Crippen LogP contribution in [-0.2, 0) is 17.8 Å². The maximum atomic E-state index is 13.9. The van der Waals surface area contributed by atoms with Gasteiger partial charge in [-0.3, -0.25) is 9.78 Å². The summed E-state index contributed by atoms with van der Waals surface area (Å²) in [7, 11) is 1.53. The van der Waals surface area contributed by atoms with Crippen LogP contribution in [0.1, 0.15) is 17.9 Å². The molecule has 0 radical (unpaired) electrons. The van der Waals surface area contributed by atoms with Crippen molar-refractivity contribution >= 4 is 11.6 Å². The van der Waals surface area contributed by atoms with Gasteiger partial charge in [0.2, 0.25) is 5.91 Å². The molecular weight excluding hydrogens is 444 g/mol. The minimum absolute atomic E-state index is 0.0871. The fourth-order valence-electron chi connectivity index (χ4n) is 3.20. The molecule has 0 fully saturated rings. The number of carbonyl (C=O) groups excluding carboxylic acids is 1. The van der Waals surface area contributed by atoms with Crippen molar-refractivity contribution in [2.75, 3.05) is 12.4 Å². The van der Waals surface area contributed by atoms with Gasteiger partial charge in [-0.1, -0.05) is 6.07 Å². The lowest BCUT2D eigenvalue weighted by Crippen LogP contribution is -2.12. The number of halogens is 2. The van der Waals surface area contributed by atoms with Crippen LogP contribution in [0.15, 0.2) is 71.5 Å². The fourth-order valence-corrected chi connectivity index (χ4v) is 3.20. The number of benzene rings is 2. The van der Waals surface area contributed by atoms with Crippen LogP contribution in [0.5, 0.6) is 11.5 Å². The zero-order valence-corrected chi connectivity index (χ0v) is 18.3. The molecule has 0 aliphatic carbocycles. The summed E-state index contributed by atoms with van der Waals surface area (Å²) in [5.41, 5.74) is 1.53. The number of nitrogens with zero attached hydrogens (tertiary/aromatic N) is 2. The van der Waals surface area contributed by atoms with Gasteiger partial charge in [-0.25, -0.2) is 13.8 Å². The average molecular weight is 465 g/mol. The zero-order chi connectivity index (χ0) is 23.9. The second-order valence-corrected chi connectivity index (χ2v) is 7.31. The molecule has 1 N–H and O–H groups in total. The fraction of sp³-hybridized carbons (Fsp3) is 0.160. The summed E-state index contributed by atoms with van der Waals surface area (Å²) in [5.74, 6) is -0.257. The van der Waals surface area contributed by atoms with Crippen LogP contribution in [0.3, 0.4) is 0 Å². The Labute approximate surface area is 194 Å². The van der Waals surface area contributed by atoms with Crippen LogP contribution in [0.4, 0.5) is 14.5 Å². The first-order chi connectivity index (χ1) is 16.5. The number of methoxy groups -OCH3 is 1. The molecule has 0 bridgehead atoms. The van der Waals surface area contributed by atoms with Crippen molar-refractivity contribution in [3.8, 4) is 22.8 Å². The molecule has 9 heteroatoms. The smallest absolute Gasteiger partial charge is 0.224 e. The van der Waals surface area contributed by atoms with Gasteiger partial charge < -0.3 is 19.2 Å². The number of ether oxygens (including phenoxy) is 2. The molecule has 2 aromatic carbocycles. The van der Waals surface area contributed by atoms with E-state index >= 15 is 0 Å². The largest absolute Gasteiger partial charge is 0.493 e. The molecule has 0 unspecified atom stereocenters. The van der Waals surface area contributed by atoms with E-state index in [9.17, 15) is 13.6 Å². The van der Waals surface area contributed by atoms with Crippen molar-refractivity contribution < 1.29 is 27.5 Å². The first kappa shape index (κ1) is 22.9. The third kappa shape index (κ3) is 5.74. The number of aromatic nitrogens is 2. The number of aryl methyl sites for hydroxylation is 1. The van der Waals surface area contributed by atoms with Crippen molar-refractivity contribution in [1.82, 2.24) is 9.97 Å². The van der Waals surface area contributed by atoms with E-state index in [0.29, 0.717) is 23.8 Å². The van der Waals surface area contributed by atoms with Gasteiger partial charge >= 0.3 is 0 Å². The molecule has 7 nitrogen and oxygen atoms in total. The standard InChI is InChI=1S/C25H21F2N3O4/c1-32-21-7-5-18(12-22(21)33-15-16-3-2-10-28-13-16)30-24(31)8-9-25-29-14-23(34-25)19-6-4-17(26)11-20(19)27/h2-7,10-14H,8-9,15H2,1H3,(H,30,31). The lowest BCUT2D eigenvalue weighted by molar-refractivity contribution is -0.116. The number of oxazole rings is 1. The highest BCUT2D eigenvalue weighted by atomic mass is 19.1. The van der Waals surface area contributed by atoms with E-state index in [1.54, 1.807) is 30.6 Å². The van der Waals surface area contributed by atoms with Gasteiger partial charge in [0.15, 0.2) is 23.1 Å². The summed E-state index contributed by atoms with van der Waals surface area (Å²) in [6, 6.07) is 12.0. The predicted molar refractivity (Wildman–Crippen MR) is 120 cm³/mol. The summed E-state index contributed by atoms with van der Waals surface area (Å²) in [4.78, 5) is 20.6. The molecule has 174 valence electrons. The molecule has 0 atom stereocenters. The van der Waals surface area contributed by atoms with Crippen molar-refractivity contribution in [2.45, 2.75) is 19.4 Å². The van der Waals surface area contributed by atoms with Gasteiger partial charge in [0.05, 0.1) is 18.9 Å². The van der Waals surface area contributed by atoms with Crippen molar-refractivity contribution in [3.05, 3.63) is 90.2 Å². The van der Waals surface area contributed by atoms with Crippen LogP contribution in [0.25, 0.3) is 11.3 Å². The molecular formula is C25H21F2N3O4. The van der Waals surface area contributed by atoms with E-state index in [1.165, 1.54) is 19.4 Å². The molecule has 2 heterocycles. The highest BCUT2D eigenvalue weighted by Gasteiger charge is 2.14. The third-order valence-electron chi connectivity index (χ3n) is 4.88. The normalized spacial score (nSPS) is 10.7. The van der Waals surface area contributed by atoms with Crippen LogP contribution in [-0.4, -0.2) is 23.0 Å². The number of carbonyl (C=O) groups is 1. The molecule has 4 aromatic rings. The van der Waals surface area contributed by atoms with Crippen LogP contribution in [0, 0.1) is 11.6 Å². The van der Waals surface area contributed by atoms with Crippen molar-refractivity contribution in [2.24, 2.45) is 0 Å². The van der Waals surface area contributed by atoms with E-state index in [-0.39, 0.29) is 36.0 Å². The Morgan fingerprint density at radius 2 is 1.97 bits per heavy atom. The zero-order valence-electron chi connectivity index (χ0n) is 18.3. The number of amides is 1. The SMILES string of the molecule is COc1ccc(NC(=O)CCc2ncc(-c3ccc(F)cc3F)o2)cc1OCc1cccnc1. The minimum Gasteiger partial charge on any atom is -0.493 e. The first-order valence-electron chi connectivity index (χ1n) is 10.4. The summed E-state index contributed by atoms with van der Waals surface area (Å²) in [6.07, 6.45) is 5.02. The van der Waals surface area contributed by atoms with Gasteiger partial charge in [0.1, 0.15) is 18.2 Å². The number of nitrogens with one attached hydrogen (secondary N) is 1. The first-order valence-corrected chi connectivity index (χ1v) is 10.4. The second-order valence-electron chi connectivity index (χ2n) is 7.31. The summed E-state index contributed by atoms with van der Waals surface area (Å²) in [6.45, 7) is 0.294. The minimum atomic E-state index is -0.749. The monoisotopic (exact) mass is 465 g/mol. The lowest BCUT2D eigenvalue weighted by atomic mass is 10.2. The van der Waals surface area contributed by atoms with Gasteiger partial charge in [-0.15, -0.1) is 0 Å². The van der Waals surface area contributed by atoms with Gasteiger partial charge in [0, 0.05) is 48.6 Å². The molecule has 0 aliphatic rings. The van der Waals surface area contributed by atoms with Crippen molar-refractivity contribution in [3.63, 3.8) is 0 Å². The van der Waals surface area contributed by atoms with E-state index in [0.717, 1.165) is 17.7 Å². The highest BCUT2D eigenvalue weighted by molar-refractivity contribution is 5.91. The van der Waals surface area contributed by atoms with Crippen LogP contribution < -0.4 is 14.8 Å². The Balaban J connectivity index is 1.35. The molecule has 0 spiro atoms. The summed E-state index contributed by atoms with van der Waals surface area (Å²) in [5, 5.41) is 2.80. The second kappa shape index (κ2) is 10.6. The van der Waals surface area contributed by atoms with Crippen LogP contribution in [0.2, 0.25) is 0 Å². The number of anilines is 1. The average Bonchev–Trinajstić information content (AvgIpc) is 3.31. The van der Waals surface area contributed by atoms with Gasteiger partial charge in [-0.2, -0.15) is 0 Å². The summed E-state index contributed by atoms with van der Waals surface area (Å²) < 4.78 is 43.7. The molecule has 34 heavy (non-hydrogen) atoms. The van der Waals surface area contributed by atoms with E-state index in [4.69, 9.17) is 13.9 Å². The number of hydrogen-bond donors (Lipinski definition) is 1. The number of rotatable bonds is 9. The Morgan fingerprint density at radius 3 is 2.74 bits per heavy atom. The molecule has 0 saturated heterocycles. The number of hydrogen-bond acceptors (Lipinski definition) is 6. The third-order valence-corrected chi connectivity index (χ3v) is 4.88. The Bertz CT molecular complexity index is 1280. The van der Waals surface area contributed by atoms with Gasteiger partial charge in [0.25, 0.3) is 0 Å². The Morgan fingerprint density at radius 1 is 1.09 bits per heavy atom. The Kier molecular flexibility index (Phi) is 7.12. The number of pyridine rings is 1. The molecule has 0 saturated carbocycles. The predicted octanol–water partition coefficient (Wildman–Crippen LogP) is 5.17. The lowest BCUT2D eigenvalue weighted by Gasteiger charge is -2.13.